The average Bonchev–Trinajstić information content (AvgIpc) is 2.72. The zero-order valence-electron chi connectivity index (χ0n) is 15.9. The van der Waals surface area contributed by atoms with Crippen LogP contribution in [0.15, 0.2) is 84.0 Å². The highest BCUT2D eigenvalue weighted by Gasteiger charge is 2.07. The van der Waals surface area contributed by atoms with E-state index in [0.29, 0.717) is 17.6 Å². The standard InChI is InChI=1S/C23H25N3O/c1-3-25(4-2)21-15-13-20(14-16-21)23(27)24-22-12-8-9-17-26(22)18-19-10-6-5-7-11-19/h5-17H,3-4,18H2,1-2H3. The Kier molecular flexibility index (Phi) is 6.21. The topological polar surface area (TPSA) is 37.6 Å². The molecule has 0 saturated carbocycles. The summed E-state index contributed by atoms with van der Waals surface area (Å²) < 4.78 is 1.98. The summed E-state index contributed by atoms with van der Waals surface area (Å²) in [5.41, 5.74) is 3.54. The van der Waals surface area contributed by atoms with Gasteiger partial charge in [-0.25, -0.2) is 0 Å². The number of pyridine rings is 1. The van der Waals surface area contributed by atoms with Crippen LogP contribution in [0.2, 0.25) is 0 Å². The van der Waals surface area contributed by atoms with Gasteiger partial charge in [-0.1, -0.05) is 36.4 Å². The van der Waals surface area contributed by atoms with E-state index in [4.69, 9.17) is 0 Å². The SMILES string of the molecule is CCN(CC)c1ccc(C(=O)N=c2ccccn2Cc2ccccc2)cc1. The van der Waals surface area contributed by atoms with Gasteiger partial charge in [0.1, 0.15) is 5.49 Å². The average molecular weight is 359 g/mol. The zero-order valence-corrected chi connectivity index (χ0v) is 15.9. The quantitative estimate of drug-likeness (QED) is 0.664. The van der Waals surface area contributed by atoms with Gasteiger partial charge in [-0.2, -0.15) is 4.99 Å². The van der Waals surface area contributed by atoms with Gasteiger partial charge in [0, 0.05) is 37.1 Å². The predicted octanol–water partition coefficient (Wildman–Crippen LogP) is 4.12. The molecule has 1 heterocycles. The summed E-state index contributed by atoms with van der Waals surface area (Å²) in [5.74, 6) is -0.228. The third-order valence-corrected chi connectivity index (χ3v) is 4.57. The van der Waals surface area contributed by atoms with E-state index in [2.05, 4.69) is 35.9 Å². The molecule has 0 aliphatic heterocycles. The number of hydrogen-bond donors (Lipinski definition) is 0. The maximum absolute atomic E-state index is 12.6. The van der Waals surface area contributed by atoms with Crippen molar-refractivity contribution in [1.29, 1.82) is 0 Å². The van der Waals surface area contributed by atoms with Gasteiger partial charge in [0.15, 0.2) is 0 Å². The fourth-order valence-electron chi connectivity index (χ4n) is 3.05. The number of anilines is 1. The number of carbonyl (C=O) groups is 1. The first-order chi connectivity index (χ1) is 13.2. The van der Waals surface area contributed by atoms with Gasteiger partial charge in [0.25, 0.3) is 5.91 Å². The van der Waals surface area contributed by atoms with E-state index in [1.807, 2.05) is 71.4 Å². The van der Waals surface area contributed by atoms with Gasteiger partial charge in [-0.15, -0.1) is 0 Å². The molecule has 138 valence electrons. The predicted molar refractivity (Wildman–Crippen MR) is 110 cm³/mol. The minimum atomic E-state index is -0.228. The minimum absolute atomic E-state index is 0.228. The highest BCUT2D eigenvalue weighted by atomic mass is 16.1. The lowest BCUT2D eigenvalue weighted by Gasteiger charge is -2.20. The molecule has 0 saturated heterocycles. The van der Waals surface area contributed by atoms with Crippen LogP contribution < -0.4 is 10.4 Å². The molecule has 27 heavy (non-hydrogen) atoms. The van der Waals surface area contributed by atoms with Crippen LogP contribution in [0.3, 0.4) is 0 Å². The van der Waals surface area contributed by atoms with E-state index in [1.165, 1.54) is 5.56 Å². The highest BCUT2D eigenvalue weighted by Crippen LogP contribution is 2.15. The maximum atomic E-state index is 12.6. The van der Waals surface area contributed by atoms with E-state index in [0.717, 1.165) is 18.8 Å². The second-order valence-electron chi connectivity index (χ2n) is 6.31. The monoisotopic (exact) mass is 359 g/mol. The molecule has 0 spiro atoms. The lowest BCUT2D eigenvalue weighted by atomic mass is 10.2. The molecule has 3 rings (SSSR count). The first-order valence-electron chi connectivity index (χ1n) is 9.34. The van der Waals surface area contributed by atoms with Crippen LogP contribution in [0.5, 0.6) is 0 Å². The lowest BCUT2D eigenvalue weighted by Crippen LogP contribution is -2.22. The number of nitrogens with zero attached hydrogens (tertiary/aromatic N) is 3. The molecular weight excluding hydrogens is 334 g/mol. The van der Waals surface area contributed by atoms with Crippen LogP contribution in [-0.2, 0) is 6.54 Å². The molecule has 0 fully saturated rings. The third kappa shape index (κ3) is 4.73. The Balaban J connectivity index is 1.85. The number of carbonyl (C=O) groups excluding carboxylic acids is 1. The molecule has 4 nitrogen and oxygen atoms in total. The molecule has 3 aromatic rings. The smallest absolute Gasteiger partial charge is 0.278 e. The summed E-state index contributed by atoms with van der Waals surface area (Å²) in [6.45, 7) is 6.81. The Bertz CT molecular complexity index is 939. The van der Waals surface area contributed by atoms with Gasteiger partial charge in [-0.05, 0) is 55.8 Å². The van der Waals surface area contributed by atoms with Gasteiger partial charge >= 0.3 is 0 Å². The Hall–Kier alpha value is -3.14. The van der Waals surface area contributed by atoms with Crippen LogP contribution >= 0.6 is 0 Å². The Labute approximate surface area is 160 Å². The number of amides is 1. The molecule has 0 aliphatic rings. The van der Waals surface area contributed by atoms with Crippen molar-refractivity contribution < 1.29 is 4.79 Å². The summed E-state index contributed by atoms with van der Waals surface area (Å²) in [6.07, 6.45) is 1.95. The van der Waals surface area contributed by atoms with Gasteiger partial charge in [-0.3, -0.25) is 4.79 Å². The molecule has 4 heteroatoms. The van der Waals surface area contributed by atoms with E-state index in [9.17, 15) is 4.79 Å². The van der Waals surface area contributed by atoms with Gasteiger partial charge < -0.3 is 9.47 Å². The first kappa shape index (κ1) is 18.6. The van der Waals surface area contributed by atoms with Crippen LogP contribution in [0.1, 0.15) is 29.8 Å². The summed E-state index contributed by atoms with van der Waals surface area (Å²) in [7, 11) is 0. The maximum Gasteiger partial charge on any atom is 0.278 e. The normalized spacial score (nSPS) is 11.4. The number of benzene rings is 2. The zero-order chi connectivity index (χ0) is 19.1. The fourth-order valence-corrected chi connectivity index (χ4v) is 3.05. The number of hydrogen-bond acceptors (Lipinski definition) is 2. The van der Waals surface area contributed by atoms with Crippen LogP contribution in [0.25, 0.3) is 0 Å². The van der Waals surface area contributed by atoms with Crippen molar-refractivity contribution >= 4 is 11.6 Å². The summed E-state index contributed by atoms with van der Waals surface area (Å²) in [6, 6.07) is 23.5. The molecule has 1 amide bonds. The minimum Gasteiger partial charge on any atom is -0.372 e. The van der Waals surface area contributed by atoms with E-state index in [-0.39, 0.29) is 5.91 Å². The van der Waals surface area contributed by atoms with Crippen molar-refractivity contribution in [1.82, 2.24) is 4.57 Å². The van der Waals surface area contributed by atoms with E-state index >= 15 is 0 Å². The Morgan fingerprint density at radius 1 is 0.889 bits per heavy atom. The van der Waals surface area contributed by atoms with Crippen molar-refractivity contribution in [3.8, 4) is 0 Å². The fraction of sp³-hybridized carbons (Fsp3) is 0.217. The van der Waals surface area contributed by atoms with Gasteiger partial charge in [0.05, 0.1) is 0 Å². The highest BCUT2D eigenvalue weighted by molar-refractivity contribution is 5.95. The second-order valence-corrected chi connectivity index (χ2v) is 6.31. The lowest BCUT2D eigenvalue weighted by molar-refractivity contribution is 0.0997. The van der Waals surface area contributed by atoms with Crippen molar-refractivity contribution in [2.24, 2.45) is 4.99 Å². The van der Waals surface area contributed by atoms with Crippen LogP contribution in [0.4, 0.5) is 5.69 Å². The molecule has 0 N–H and O–H groups in total. The molecule has 2 aromatic carbocycles. The summed E-state index contributed by atoms with van der Waals surface area (Å²) in [5, 5.41) is 0. The van der Waals surface area contributed by atoms with Crippen LogP contribution in [-0.4, -0.2) is 23.6 Å². The molecule has 0 unspecified atom stereocenters. The Morgan fingerprint density at radius 2 is 1.56 bits per heavy atom. The van der Waals surface area contributed by atoms with Crippen molar-refractivity contribution in [3.05, 3.63) is 95.6 Å². The third-order valence-electron chi connectivity index (χ3n) is 4.57. The second kappa shape index (κ2) is 8.99. The van der Waals surface area contributed by atoms with Gasteiger partial charge in [0.2, 0.25) is 0 Å². The summed E-state index contributed by atoms with van der Waals surface area (Å²) >= 11 is 0. The van der Waals surface area contributed by atoms with E-state index in [1.54, 1.807) is 0 Å². The largest absolute Gasteiger partial charge is 0.372 e. The molecule has 0 radical (unpaired) electrons. The summed E-state index contributed by atoms with van der Waals surface area (Å²) in [4.78, 5) is 19.2. The van der Waals surface area contributed by atoms with Crippen molar-refractivity contribution in [2.45, 2.75) is 20.4 Å². The van der Waals surface area contributed by atoms with Crippen molar-refractivity contribution in [2.75, 3.05) is 18.0 Å². The molecule has 0 aliphatic carbocycles. The van der Waals surface area contributed by atoms with E-state index < -0.39 is 0 Å². The molecule has 0 atom stereocenters. The van der Waals surface area contributed by atoms with Crippen LogP contribution in [0, 0.1) is 0 Å². The number of aromatic nitrogens is 1. The molecule has 0 bridgehead atoms. The Morgan fingerprint density at radius 3 is 2.22 bits per heavy atom. The molecular formula is C23H25N3O. The van der Waals surface area contributed by atoms with Crippen molar-refractivity contribution in [3.63, 3.8) is 0 Å². The molecule has 1 aromatic heterocycles. The number of rotatable bonds is 6. The first-order valence-corrected chi connectivity index (χ1v) is 9.34.